The maximum atomic E-state index is 14.1. The van der Waals surface area contributed by atoms with Gasteiger partial charge in [-0.05, 0) is 66.6 Å². The van der Waals surface area contributed by atoms with E-state index in [0.717, 1.165) is 28.2 Å². The van der Waals surface area contributed by atoms with Crippen LogP contribution in [0.15, 0.2) is 82.6 Å². The molecule has 6 rings (SSSR count). The molecule has 3 aromatic carbocycles. The number of hydrogen-bond donors (Lipinski definition) is 1. The minimum Gasteiger partial charge on any atom is -0.497 e. The molecule has 0 spiro atoms. The Balaban J connectivity index is 1.41. The molecule has 220 valence electrons. The Kier molecular flexibility index (Phi) is 7.61. The predicted octanol–water partition coefficient (Wildman–Crippen LogP) is 4.73. The quantitative estimate of drug-likeness (QED) is 0.301. The normalized spacial score (nSPS) is 19.2. The lowest BCUT2D eigenvalue weighted by Gasteiger charge is -2.31. The Labute approximate surface area is 257 Å². The van der Waals surface area contributed by atoms with Crippen LogP contribution in [-0.4, -0.2) is 48.7 Å². The van der Waals surface area contributed by atoms with Gasteiger partial charge in [0.1, 0.15) is 17.5 Å². The smallest absolute Gasteiger partial charge is 0.308 e. The van der Waals surface area contributed by atoms with Gasteiger partial charge in [0.25, 0.3) is 0 Å². The molecule has 0 bridgehead atoms. The van der Waals surface area contributed by atoms with Crippen molar-refractivity contribution in [3.63, 3.8) is 0 Å². The van der Waals surface area contributed by atoms with Gasteiger partial charge in [0.15, 0.2) is 0 Å². The average Bonchev–Trinajstić information content (AvgIpc) is 3.43. The van der Waals surface area contributed by atoms with Crippen LogP contribution in [0.4, 0.5) is 17.1 Å². The summed E-state index contributed by atoms with van der Waals surface area (Å²) in [4.78, 5) is 58.1. The summed E-state index contributed by atoms with van der Waals surface area (Å²) in [7, 11) is 5.44. The molecular formula is C32H30N4O5S2. The van der Waals surface area contributed by atoms with Crippen molar-refractivity contribution in [2.24, 2.45) is 5.92 Å². The largest absolute Gasteiger partial charge is 0.497 e. The van der Waals surface area contributed by atoms with E-state index in [4.69, 9.17) is 4.74 Å². The van der Waals surface area contributed by atoms with E-state index in [1.54, 1.807) is 37.4 Å². The number of anilines is 3. The van der Waals surface area contributed by atoms with E-state index in [1.807, 2.05) is 68.4 Å². The number of carbonyl (C=O) groups excluding carboxylic acids is 3. The number of nitrogens with zero attached hydrogens (tertiary/aromatic N) is 3. The van der Waals surface area contributed by atoms with Gasteiger partial charge in [-0.15, -0.1) is 0 Å². The van der Waals surface area contributed by atoms with Crippen LogP contribution in [0.5, 0.6) is 5.75 Å². The molecule has 2 aliphatic heterocycles. The van der Waals surface area contributed by atoms with Gasteiger partial charge in [-0.25, -0.2) is 4.90 Å². The molecule has 1 N–H and O–H groups in total. The van der Waals surface area contributed by atoms with Gasteiger partial charge in [-0.3, -0.25) is 23.7 Å². The number of imide groups is 1. The molecule has 4 aromatic rings. The Morgan fingerprint density at radius 1 is 0.977 bits per heavy atom. The molecule has 3 atom stereocenters. The SMILES string of the molecule is COc1ccc(N2C(=O)C3Sc4c(sc(=O)n4CC(=O)Nc4cccc(C)c4)C(c4ccc(N(C)C)cc4)C3C2=O)cc1. The number of aromatic nitrogens is 1. The summed E-state index contributed by atoms with van der Waals surface area (Å²) in [5.41, 5.74) is 3.92. The molecule has 3 amide bonds. The summed E-state index contributed by atoms with van der Waals surface area (Å²) in [6, 6.07) is 22.1. The third kappa shape index (κ3) is 5.23. The number of nitrogens with one attached hydrogen (secondary N) is 1. The highest BCUT2D eigenvalue weighted by atomic mass is 32.2. The molecule has 3 unspecified atom stereocenters. The van der Waals surface area contributed by atoms with Crippen LogP contribution < -0.4 is 24.7 Å². The van der Waals surface area contributed by atoms with Crippen molar-refractivity contribution in [2.45, 2.75) is 29.7 Å². The summed E-state index contributed by atoms with van der Waals surface area (Å²) < 4.78 is 6.68. The number of ether oxygens (including phenoxy) is 1. The second kappa shape index (κ2) is 11.4. The number of hydrogen-bond acceptors (Lipinski definition) is 8. The maximum absolute atomic E-state index is 14.1. The van der Waals surface area contributed by atoms with Crippen molar-refractivity contribution in [1.82, 2.24) is 4.57 Å². The summed E-state index contributed by atoms with van der Waals surface area (Å²) in [5, 5.41) is 2.66. The number of carbonyl (C=O) groups is 3. The van der Waals surface area contributed by atoms with Crippen LogP contribution in [-0.2, 0) is 20.9 Å². The van der Waals surface area contributed by atoms with E-state index >= 15 is 0 Å². The number of rotatable bonds is 7. The lowest BCUT2D eigenvalue weighted by Crippen LogP contribution is -2.33. The number of fused-ring (bicyclic) bond motifs is 2. The van der Waals surface area contributed by atoms with Gasteiger partial charge in [0, 0.05) is 36.3 Å². The predicted molar refractivity (Wildman–Crippen MR) is 170 cm³/mol. The number of amides is 3. The summed E-state index contributed by atoms with van der Waals surface area (Å²) >= 11 is 2.23. The van der Waals surface area contributed by atoms with E-state index < -0.39 is 17.1 Å². The number of methoxy groups -OCH3 is 1. The first kappa shape index (κ1) is 28.8. The molecular weight excluding hydrogens is 585 g/mol. The van der Waals surface area contributed by atoms with Gasteiger partial charge in [0.05, 0.1) is 23.7 Å². The third-order valence-corrected chi connectivity index (χ3v) is 10.4. The minimum absolute atomic E-state index is 0.209. The molecule has 1 fully saturated rings. The van der Waals surface area contributed by atoms with E-state index in [2.05, 4.69) is 5.32 Å². The number of thiazole rings is 1. The zero-order chi connectivity index (χ0) is 30.4. The zero-order valence-electron chi connectivity index (χ0n) is 24.1. The molecule has 0 radical (unpaired) electrons. The van der Waals surface area contributed by atoms with Crippen LogP contribution in [0.25, 0.3) is 0 Å². The fraction of sp³-hybridized carbons (Fsp3) is 0.250. The van der Waals surface area contributed by atoms with E-state index in [0.29, 0.717) is 27.0 Å². The van der Waals surface area contributed by atoms with Gasteiger partial charge in [-0.1, -0.05) is 47.4 Å². The highest BCUT2D eigenvalue weighted by Gasteiger charge is 2.56. The lowest BCUT2D eigenvalue weighted by molar-refractivity contribution is -0.122. The Morgan fingerprint density at radius 2 is 1.70 bits per heavy atom. The molecule has 0 saturated carbocycles. The number of thioether (sulfide) groups is 1. The standard InChI is InChI=1S/C32H30N4O5S2/c1-18-6-5-7-20(16-18)33-24(37)17-35-31-28(43-32(35)40)25(19-8-10-21(11-9-19)34(2)3)26-27(42-31)30(39)36(29(26)38)22-12-14-23(41-4)15-13-22/h5-16,25-27H,17H2,1-4H3,(H,33,37). The van der Waals surface area contributed by atoms with Crippen LogP contribution in [0.1, 0.15) is 21.9 Å². The molecule has 3 heterocycles. The lowest BCUT2D eigenvalue weighted by atomic mass is 9.83. The van der Waals surface area contributed by atoms with Gasteiger partial charge >= 0.3 is 4.87 Å². The molecule has 43 heavy (non-hydrogen) atoms. The van der Waals surface area contributed by atoms with Crippen molar-refractivity contribution in [2.75, 3.05) is 36.3 Å². The van der Waals surface area contributed by atoms with Crippen molar-refractivity contribution in [1.29, 1.82) is 0 Å². The number of benzene rings is 3. The second-order valence-electron chi connectivity index (χ2n) is 10.8. The van der Waals surface area contributed by atoms with Crippen molar-refractivity contribution in [3.8, 4) is 5.75 Å². The Hall–Kier alpha value is -4.35. The van der Waals surface area contributed by atoms with E-state index in [1.165, 1.54) is 21.2 Å². The van der Waals surface area contributed by atoms with E-state index in [9.17, 15) is 19.2 Å². The van der Waals surface area contributed by atoms with E-state index in [-0.39, 0.29) is 29.1 Å². The van der Waals surface area contributed by atoms with Crippen LogP contribution in [0.2, 0.25) is 0 Å². The first-order valence-electron chi connectivity index (χ1n) is 13.7. The fourth-order valence-electron chi connectivity index (χ4n) is 5.65. The van der Waals surface area contributed by atoms with Crippen LogP contribution in [0, 0.1) is 12.8 Å². The monoisotopic (exact) mass is 614 g/mol. The fourth-order valence-corrected chi connectivity index (χ4v) is 8.42. The molecule has 1 aromatic heterocycles. The summed E-state index contributed by atoms with van der Waals surface area (Å²) in [6.07, 6.45) is 0. The average molecular weight is 615 g/mol. The highest BCUT2D eigenvalue weighted by molar-refractivity contribution is 8.00. The van der Waals surface area contributed by atoms with Gasteiger partial charge < -0.3 is 15.0 Å². The summed E-state index contributed by atoms with van der Waals surface area (Å²) in [5.74, 6) is -1.65. The Morgan fingerprint density at radius 3 is 2.35 bits per heavy atom. The molecule has 2 aliphatic rings. The third-order valence-electron chi connectivity index (χ3n) is 7.75. The second-order valence-corrected chi connectivity index (χ2v) is 12.9. The maximum Gasteiger partial charge on any atom is 0.308 e. The first-order chi connectivity index (χ1) is 20.7. The minimum atomic E-state index is -0.763. The van der Waals surface area contributed by atoms with Crippen LogP contribution in [0.3, 0.4) is 0 Å². The van der Waals surface area contributed by atoms with Gasteiger partial charge in [0.2, 0.25) is 17.7 Å². The van der Waals surface area contributed by atoms with Crippen molar-refractivity contribution < 1.29 is 19.1 Å². The Bertz CT molecular complexity index is 1780. The van der Waals surface area contributed by atoms with Crippen LogP contribution >= 0.6 is 23.1 Å². The highest BCUT2D eigenvalue weighted by Crippen LogP contribution is 2.54. The molecule has 11 heteroatoms. The summed E-state index contributed by atoms with van der Waals surface area (Å²) in [6.45, 7) is 1.72. The van der Waals surface area contributed by atoms with Crippen molar-refractivity contribution >= 4 is 57.9 Å². The first-order valence-corrected chi connectivity index (χ1v) is 15.4. The zero-order valence-corrected chi connectivity index (χ0v) is 25.7. The van der Waals surface area contributed by atoms with Gasteiger partial charge in [-0.2, -0.15) is 0 Å². The number of aryl methyl sites for hydroxylation is 1. The van der Waals surface area contributed by atoms with Crippen molar-refractivity contribution in [3.05, 3.63) is 98.5 Å². The molecule has 1 saturated heterocycles. The molecule has 0 aliphatic carbocycles. The topological polar surface area (TPSA) is 101 Å². The molecule has 9 nitrogen and oxygen atoms in total.